The van der Waals surface area contributed by atoms with Gasteiger partial charge in [-0.1, -0.05) is 11.8 Å². The zero-order valence-corrected chi connectivity index (χ0v) is 11.5. The summed E-state index contributed by atoms with van der Waals surface area (Å²) in [6.07, 6.45) is 0.569. The Bertz CT molecular complexity index is 481. The molecule has 0 spiro atoms. The van der Waals surface area contributed by atoms with Crippen LogP contribution in [-0.2, 0) is 4.79 Å². The topological polar surface area (TPSA) is 90.0 Å². The smallest absolute Gasteiger partial charge is 0.328 e. The molecule has 9 heteroatoms. The molecule has 3 aliphatic heterocycles. The summed E-state index contributed by atoms with van der Waals surface area (Å²) in [6.45, 7) is 1.58. The first-order valence-corrected chi connectivity index (χ1v) is 7.39. The fourth-order valence-corrected chi connectivity index (χ4v) is 3.44. The van der Waals surface area contributed by atoms with Crippen molar-refractivity contribution < 1.29 is 19.2 Å². The van der Waals surface area contributed by atoms with E-state index in [4.69, 9.17) is 0 Å². The molecule has 8 nitrogen and oxygen atoms in total. The maximum Gasteiger partial charge on any atom is 0.328 e. The average molecular weight is 298 g/mol. The fourth-order valence-electron chi connectivity index (χ4n) is 2.67. The molecule has 3 aliphatic rings. The number of hydrogen-bond donors (Lipinski definition) is 1. The molecule has 0 saturated carbocycles. The van der Waals surface area contributed by atoms with Crippen LogP contribution in [0, 0.1) is 0 Å². The minimum atomic E-state index is -0.387. The highest BCUT2D eigenvalue weighted by atomic mass is 32.2. The number of amides is 6. The molecule has 1 unspecified atom stereocenters. The third-order valence-corrected chi connectivity index (χ3v) is 4.51. The number of hydrogen-bond acceptors (Lipinski definition) is 5. The Labute approximate surface area is 119 Å². The van der Waals surface area contributed by atoms with Gasteiger partial charge in [-0.05, 0) is 6.42 Å². The molecule has 0 bridgehead atoms. The van der Waals surface area contributed by atoms with Crippen molar-refractivity contribution in [1.29, 1.82) is 0 Å². The summed E-state index contributed by atoms with van der Waals surface area (Å²) in [5, 5.41) is 2.33. The van der Waals surface area contributed by atoms with E-state index in [1.165, 1.54) is 9.80 Å². The van der Waals surface area contributed by atoms with Gasteiger partial charge in [0.25, 0.3) is 5.24 Å². The van der Waals surface area contributed by atoms with Crippen molar-refractivity contribution in [2.45, 2.75) is 12.5 Å². The standard InChI is InChI=1S/C11H14N4O4S/c16-8-6-20-11(19)15(8)7-1-3-13(5-7)10(18)14-4-2-12-9(14)17/h7H,1-6H2,(H,12,17). The molecule has 0 aromatic carbocycles. The molecule has 3 rings (SSSR count). The van der Waals surface area contributed by atoms with Crippen molar-refractivity contribution in [1.82, 2.24) is 20.0 Å². The molecule has 6 amide bonds. The molecule has 0 aromatic heterocycles. The lowest BCUT2D eigenvalue weighted by Gasteiger charge is -2.24. The Morgan fingerprint density at radius 1 is 1.25 bits per heavy atom. The van der Waals surface area contributed by atoms with E-state index in [0.717, 1.165) is 16.7 Å². The van der Waals surface area contributed by atoms with Crippen molar-refractivity contribution in [2.24, 2.45) is 0 Å². The molecule has 108 valence electrons. The Morgan fingerprint density at radius 3 is 2.65 bits per heavy atom. The highest BCUT2D eigenvalue weighted by Gasteiger charge is 2.41. The van der Waals surface area contributed by atoms with Crippen molar-refractivity contribution in [2.75, 3.05) is 31.9 Å². The Kier molecular flexibility index (Phi) is 3.28. The third kappa shape index (κ3) is 2.11. The molecule has 0 radical (unpaired) electrons. The van der Waals surface area contributed by atoms with Gasteiger partial charge in [0.15, 0.2) is 0 Å². The molecular weight excluding hydrogens is 284 g/mol. The Balaban J connectivity index is 1.65. The molecule has 0 aromatic rings. The van der Waals surface area contributed by atoms with E-state index in [0.29, 0.717) is 32.6 Å². The summed E-state index contributed by atoms with van der Waals surface area (Å²) >= 11 is 0.995. The van der Waals surface area contributed by atoms with Crippen LogP contribution in [-0.4, -0.2) is 75.9 Å². The van der Waals surface area contributed by atoms with Crippen LogP contribution in [0.25, 0.3) is 0 Å². The van der Waals surface area contributed by atoms with E-state index >= 15 is 0 Å². The van der Waals surface area contributed by atoms with Crippen LogP contribution in [0.3, 0.4) is 0 Å². The van der Waals surface area contributed by atoms with Crippen LogP contribution in [0.2, 0.25) is 0 Å². The van der Waals surface area contributed by atoms with Crippen molar-refractivity contribution in [3.8, 4) is 0 Å². The number of likely N-dealkylation sites (tertiary alicyclic amines) is 1. The second-order valence-corrected chi connectivity index (χ2v) is 5.80. The second-order valence-electron chi connectivity index (χ2n) is 4.87. The summed E-state index contributed by atoms with van der Waals surface area (Å²) in [7, 11) is 0. The normalized spacial score (nSPS) is 26.7. The average Bonchev–Trinajstić information content (AvgIpc) is 3.10. The van der Waals surface area contributed by atoms with Crippen molar-refractivity contribution >= 4 is 35.0 Å². The number of urea groups is 2. The number of imide groups is 2. The van der Waals surface area contributed by atoms with Gasteiger partial charge in [0.05, 0.1) is 11.8 Å². The van der Waals surface area contributed by atoms with Crippen LogP contribution < -0.4 is 5.32 Å². The van der Waals surface area contributed by atoms with E-state index in [-0.39, 0.29) is 35.0 Å². The van der Waals surface area contributed by atoms with Gasteiger partial charge in [-0.3, -0.25) is 14.5 Å². The number of carbonyl (C=O) groups excluding carboxylic acids is 4. The number of nitrogens with one attached hydrogen (secondary N) is 1. The first-order valence-electron chi connectivity index (χ1n) is 6.41. The lowest BCUT2D eigenvalue weighted by Crippen LogP contribution is -2.46. The van der Waals surface area contributed by atoms with E-state index in [2.05, 4.69) is 5.32 Å². The van der Waals surface area contributed by atoms with Gasteiger partial charge in [0, 0.05) is 26.2 Å². The van der Waals surface area contributed by atoms with Gasteiger partial charge in [-0.25, -0.2) is 14.5 Å². The first-order chi connectivity index (χ1) is 9.58. The van der Waals surface area contributed by atoms with Gasteiger partial charge < -0.3 is 10.2 Å². The predicted octanol–water partition coefficient (Wildman–Crippen LogP) is -0.0987. The van der Waals surface area contributed by atoms with E-state index < -0.39 is 0 Å². The van der Waals surface area contributed by atoms with E-state index in [1.807, 2.05) is 0 Å². The molecular formula is C11H14N4O4S. The summed E-state index contributed by atoms with van der Waals surface area (Å²) in [5.74, 6) is -0.0177. The van der Waals surface area contributed by atoms with Crippen LogP contribution >= 0.6 is 11.8 Å². The van der Waals surface area contributed by atoms with Gasteiger partial charge >= 0.3 is 12.1 Å². The number of rotatable bonds is 1. The summed E-state index contributed by atoms with van der Waals surface area (Å²) in [6, 6.07) is -1.00. The maximum atomic E-state index is 12.2. The summed E-state index contributed by atoms with van der Waals surface area (Å²) in [4.78, 5) is 50.9. The number of nitrogens with zero attached hydrogens (tertiary/aromatic N) is 3. The Hall–Kier alpha value is -1.77. The minimum absolute atomic E-state index is 0.178. The fraction of sp³-hybridized carbons (Fsp3) is 0.636. The zero-order valence-electron chi connectivity index (χ0n) is 10.7. The van der Waals surface area contributed by atoms with Crippen LogP contribution in [0.5, 0.6) is 0 Å². The van der Waals surface area contributed by atoms with Gasteiger partial charge in [-0.15, -0.1) is 0 Å². The lowest BCUT2D eigenvalue weighted by atomic mass is 10.2. The van der Waals surface area contributed by atoms with Crippen LogP contribution in [0.4, 0.5) is 14.4 Å². The second kappa shape index (κ2) is 4.97. The number of carbonyl (C=O) groups is 4. The SMILES string of the molecule is O=C1NCCN1C(=O)N1CCC(N2C(=O)CSC2=O)C1. The Morgan fingerprint density at radius 2 is 2.05 bits per heavy atom. The third-order valence-electron chi connectivity index (χ3n) is 3.67. The highest BCUT2D eigenvalue weighted by Crippen LogP contribution is 2.26. The van der Waals surface area contributed by atoms with Gasteiger partial charge in [0.1, 0.15) is 0 Å². The van der Waals surface area contributed by atoms with E-state index in [1.54, 1.807) is 0 Å². The summed E-state index contributed by atoms with van der Waals surface area (Å²) < 4.78 is 0. The minimum Gasteiger partial charge on any atom is -0.336 e. The monoisotopic (exact) mass is 298 g/mol. The molecule has 20 heavy (non-hydrogen) atoms. The molecule has 3 fully saturated rings. The quantitative estimate of drug-likeness (QED) is 0.730. The molecule has 0 aliphatic carbocycles. The zero-order chi connectivity index (χ0) is 14.3. The van der Waals surface area contributed by atoms with Crippen LogP contribution in [0.1, 0.15) is 6.42 Å². The molecule has 1 atom stereocenters. The maximum absolute atomic E-state index is 12.2. The van der Waals surface area contributed by atoms with Gasteiger partial charge in [-0.2, -0.15) is 0 Å². The van der Waals surface area contributed by atoms with E-state index in [9.17, 15) is 19.2 Å². The molecule has 1 N–H and O–H groups in total. The van der Waals surface area contributed by atoms with Crippen LogP contribution in [0.15, 0.2) is 0 Å². The first kappa shape index (κ1) is 13.2. The van der Waals surface area contributed by atoms with Crippen molar-refractivity contribution in [3.63, 3.8) is 0 Å². The molecule has 3 heterocycles. The summed E-state index contributed by atoms with van der Waals surface area (Å²) in [5.41, 5.74) is 0. The van der Waals surface area contributed by atoms with Gasteiger partial charge in [0.2, 0.25) is 5.91 Å². The highest BCUT2D eigenvalue weighted by molar-refractivity contribution is 8.14. The lowest BCUT2D eigenvalue weighted by molar-refractivity contribution is -0.126. The molecule has 3 saturated heterocycles. The predicted molar refractivity (Wildman–Crippen MR) is 70.2 cm³/mol. The number of thioether (sulfide) groups is 1. The van der Waals surface area contributed by atoms with Crippen molar-refractivity contribution in [3.05, 3.63) is 0 Å². The largest absolute Gasteiger partial charge is 0.336 e.